The Hall–Kier alpha value is -2.00. The number of carbonyl (C=O) groups is 2. The first-order valence-corrected chi connectivity index (χ1v) is 12.3. The summed E-state index contributed by atoms with van der Waals surface area (Å²) in [4.78, 5) is 27.6. The van der Waals surface area contributed by atoms with Gasteiger partial charge in [0.1, 0.15) is 11.4 Å². The summed E-state index contributed by atoms with van der Waals surface area (Å²) in [7, 11) is -3.71. The molecule has 30 heavy (non-hydrogen) atoms. The predicted octanol–water partition coefficient (Wildman–Crippen LogP) is 2.42. The molecule has 1 atom stereocenters. The van der Waals surface area contributed by atoms with Crippen molar-refractivity contribution in [1.82, 2.24) is 9.62 Å². The van der Waals surface area contributed by atoms with Gasteiger partial charge in [0.05, 0.1) is 18.5 Å². The second kappa shape index (κ2) is 9.01. The molecule has 1 aromatic rings. The largest absolute Gasteiger partial charge is 0.351 e. The SMILES string of the molecule is C[C@@]1(C(=O)NC2CCCCCCC2)CN(S(C)(=O)=O)CC(=O)N1c1ccccc1F. The number of carbonyl (C=O) groups excluding carboxylic acids is 2. The van der Waals surface area contributed by atoms with Crippen LogP contribution in [0.2, 0.25) is 0 Å². The molecule has 1 saturated carbocycles. The van der Waals surface area contributed by atoms with Crippen molar-refractivity contribution < 1.29 is 22.4 Å². The topological polar surface area (TPSA) is 86.8 Å². The van der Waals surface area contributed by atoms with Crippen molar-refractivity contribution in [3.63, 3.8) is 0 Å². The lowest BCUT2D eigenvalue weighted by molar-refractivity contribution is -0.133. The van der Waals surface area contributed by atoms with Crippen molar-refractivity contribution in [3.05, 3.63) is 30.1 Å². The summed E-state index contributed by atoms with van der Waals surface area (Å²) in [6.45, 7) is 0.844. The molecule has 1 aliphatic heterocycles. The number of nitrogens with zero attached hydrogens (tertiary/aromatic N) is 2. The van der Waals surface area contributed by atoms with Gasteiger partial charge < -0.3 is 5.32 Å². The molecule has 166 valence electrons. The molecule has 1 heterocycles. The highest BCUT2D eigenvalue weighted by atomic mass is 32.2. The van der Waals surface area contributed by atoms with Crippen LogP contribution in [0.4, 0.5) is 10.1 Å². The summed E-state index contributed by atoms with van der Waals surface area (Å²) < 4.78 is 39.9. The maximum atomic E-state index is 14.6. The number of amides is 2. The molecule has 2 aliphatic rings. The van der Waals surface area contributed by atoms with Crippen LogP contribution in [0.25, 0.3) is 0 Å². The zero-order valence-electron chi connectivity index (χ0n) is 17.6. The summed E-state index contributed by atoms with van der Waals surface area (Å²) in [6, 6.07) is 5.70. The van der Waals surface area contributed by atoms with Crippen LogP contribution in [0.5, 0.6) is 0 Å². The lowest BCUT2D eigenvalue weighted by atomic mass is 9.92. The minimum atomic E-state index is -3.71. The number of hydrogen-bond donors (Lipinski definition) is 1. The molecule has 1 saturated heterocycles. The Morgan fingerprint density at radius 3 is 2.33 bits per heavy atom. The second-order valence-electron chi connectivity index (χ2n) is 8.50. The average Bonchev–Trinajstić information content (AvgIpc) is 2.64. The fourth-order valence-electron chi connectivity index (χ4n) is 4.35. The fourth-order valence-corrected chi connectivity index (χ4v) is 5.18. The van der Waals surface area contributed by atoms with Crippen molar-refractivity contribution in [1.29, 1.82) is 0 Å². The van der Waals surface area contributed by atoms with E-state index in [9.17, 15) is 22.4 Å². The Bertz CT molecular complexity index is 899. The van der Waals surface area contributed by atoms with Gasteiger partial charge in [-0.05, 0) is 31.9 Å². The van der Waals surface area contributed by atoms with Crippen LogP contribution in [-0.4, -0.2) is 55.5 Å². The van der Waals surface area contributed by atoms with Crippen LogP contribution >= 0.6 is 0 Å². The normalized spacial score (nSPS) is 24.9. The fraction of sp³-hybridized carbons (Fsp3) is 0.619. The molecule has 3 rings (SSSR count). The molecule has 2 fully saturated rings. The summed E-state index contributed by atoms with van der Waals surface area (Å²) >= 11 is 0. The third-order valence-electron chi connectivity index (χ3n) is 6.03. The maximum Gasteiger partial charge on any atom is 0.247 e. The van der Waals surface area contributed by atoms with Gasteiger partial charge in [-0.3, -0.25) is 14.5 Å². The smallest absolute Gasteiger partial charge is 0.247 e. The molecule has 1 aliphatic carbocycles. The number of nitrogens with one attached hydrogen (secondary N) is 1. The zero-order valence-corrected chi connectivity index (χ0v) is 18.4. The van der Waals surface area contributed by atoms with E-state index in [4.69, 9.17) is 0 Å². The van der Waals surface area contributed by atoms with Crippen LogP contribution < -0.4 is 10.2 Å². The molecule has 1 aromatic carbocycles. The van der Waals surface area contributed by atoms with Gasteiger partial charge in [-0.1, -0.05) is 44.2 Å². The molecule has 0 aromatic heterocycles. The Labute approximate surface area is 177 Å². The highest BCUT2D eigenvalue weighted by Gasteiger charge is 2.51. The molecule has 0 unspecified atom stereocenters. The van der Waals surface area contributed by atoms with Gasteiger partial charge in [0.25, 0.3) is 0 Å². The molecule has 7 nitrogen and oxygen atoms in total. The van der Waals surface area contributed by atoms with Crippen LogP contribution in [0.1, 0.15) is 51.9 Å². The van der Waals surface area contributed by atoms with E-state index in [1.165, 1.54) is 31.5 Å². The first-order chi connectivity index (χ1) is 14.1. The van der Waals surface area contributed by atoms with Gasteiger partial charge >= 0.3 is 0 Å². The number of rotatable bonds is 4. The maximum absolute atomic E-state index is 14.6. The van der Waals surface area contributed by atoms with Crippen LogP contribution in [0, 0.1) is 5.82 Å². The molecular weight excluding hydrogens is 409 g/mol. The number of hydrogen-bond acceptors (Lipinski definition) is 4. The van der Waals surface area contributed by atoms with E-state index in [2.05, 4.69) is 5.32 Å². The van der Waals surface area contributed by atoms with Crippen molar-refractivity contribution in [2.45, 2.75) is 63.5 Å². The summed E-state index contributed by atoms with van der Waals surface area (Å²) in [5.41, 5.74) is -1.59. The number of benzene rings is 1. The standard InChI is InChI=1S/C21H30FN3O4S/c1-21(20(27)23-16-10-6-4-3-5-7-11-16)15-24(30(2,28)29)14-19(26)25(21)18-13-9-8-12-17(18)22/h8-9,12-13,16H,3-7,10-11,14-15H2,1-2H3,(H,23,27)/t21-/m0/s1. The summed E-state index contributed by atoms with van der Waals surface area (Å²) in [6.07, 6.45) is 8.12. The number of halogens is 1. The third kappa shape index (κ3) is 4.83. The minimum absolute atomic E-state index is 0.0223. The van der Waals surface area contributed by atoms with Crippen LogP contribution in [-0.2, 0) is 19.6 Å². The van der Waals surface area contributed by atoms with Crippen molar-refractivity contribution >= 4 is 27.5 Å². The van der Waals surface area contributed by atoms with Gasteiger partial charge in [-0.15, -0.1) is 0 Å². The van der Waals surface area contributed by atoms with Gasteiger partial charge in [0, 0.05) is 12.6 Å². The molecule has 9 heteroatoms. The lowest BCUT2D eigenvalue weighted by Crippen LogP contribution is -2.70. The van der Waals surface area contributed by atoms with E-state index in [-0.39, 0.29) is 18.3 Å². The zero-order chi connectivity index (χ0) is 21.9. The monoisotopic (exact) mass is 439 g/mol. The van der Waals surface area contributed by atoms with Crippen molar-refractivity contribution in [2.24, 2.45) is 0 Å². The third-order valence-corrected chi connectivity index (χ3v) is 7.23. The Morgan fingerprint density at radius 1 is 1.13 bits per heavy atom. The van der Waals surface area contributed by atoms with Gasteiger partial charge in [-0.2, -0.15) is 4.31 Å². The van der Waals surface area contributed by atoms with Crippen molar-refractivity contribution in [2.75, 3.05) is 24.2 Å². The average molecular weight is 440 g/mol. The number of anilines is 1. The van der Waals surface area contributed by atoms with E-state index in [1.807, 2.05) is 0 Å². The number of sulfonamides is 1. The first kappa shape index (κ1) is 22.7. The Balaban J connectivity index is 1.95. The molecule has 0 bridgehead atoms. The molecular formula is C21H30FN3O4S. The van der Waals surface area contributed by atoms with E-state index >= 15 is 0 Å². The van der Waals surface area contributed by atoms with E-state index in [1.54, 1.807) is 6.07 Å². The summed E-state index contributed by atoms with van der Waals surface area (Å²) in [5.74, 6) is -1.73. The quantitative estimate of drug-likeness (QED) is 0.781. The Kier molecular flexibility index (Phi) is 6.81. The van der Waals surface area contributed by atoms with Crippen molar-refractivity contribution in [3.8, 4) is 0 Å². The van der Waals surface area contributed by atoms with E-state index < -0.39 is 39.7 Å². The number of para-hydroxylation sites is 1. The molecule has 0 spiro atoms. The lowest BCUT2D eigenvalue weighted by Gasteiger charge is -2.47. The molecule has 0 radical (unpaired) electrons. The minimum Gasteiger partial charge on any atom is -0.351 e. The molecule has 2 amide bonds. The highest BCUT2D eigenvalue weighted by molar-refractivity contribution is 7.88. The van der Waals surface area contributed by atoms with Gasteiger partial charge in [0.15, 0.2) is 0 Å². The van der Waals surface area contributed by atoms with Crippen LogP contribution in [0.15, 0.2) is 24.3 Å². The molecule has 1 N–H and O–H groups in total. The van der Waals surface area contributed by atoms with Gasteiger partial charge in [-0.25, -0.2) is 12.8 Å². The van der Waals surface area contributed by atoms with Crippen LogP contribution in [0.3, 0.4) is 0 Å². The predicted molar refractivity (Wildman–Crippen MR) is 113 cm³/mol. The van der Waals surface area contributed by atoms with E-state index in [0.29, 0.717) is 0 Å². The first-order valence-electron chi connectivity index (χ1n) is 10.5. The number of piperazine rings is 1. The summed E-state index contributed by atoms with van der Waals surface area (Å²) in [5, 5.41) is 3.03. The second-order valence-corrected chi connectivity index (χ2v) is 10.5. The Morgan fingerprint density at radius 2 is 1.73 bits per heavy atom. The van der Waals surface area contributed by atoms with Gasteiger partial charge in [0.2, 0.25) is 21.8 Å². The van der Waals surface area contributed by atoms with E-state index in [0.717, 1.165) is 54.0 Å². The highest BCUT2D eigenvalue weighted by Crippen LogP contribution is 2.32.